The number of Topliss-reactive ketones (excluding diaryl/α,β-unsaturated/α-hetero) is 1. The van der Waals surface area contributed by atoms with E-state index < -0.39 is 0 Å². The van der Waals surface area contributed by atoms with Gasteiger partial charge in [0.25, 0.3) is 0 Å². The molecule has 0 aliphatic rings. The van der Waals surface area contributed by atoms with E-state index in [1.807, 2.05) is 13.8 Å². The van der Waals surface area contributed by atoms with Gasteiger partial charge in [-0.05, 0) is 26.8 Å². The van der Waals surface area contributed by atoms with E-state index in [1.165, 1.54) is 6.92 Å². The largest absolute Gasteiger partial charge is 0.355 e. The van der Waals surface area contributed by atoms with Crippen molar-refractivity contribution in [2.75, 3.05) is 20.1 Å². The Kier molecular flexibility index (Phi) is 6.17. The summed E-state index contributed by atoms with van der Waals surface area (Å²) < 4.78 is 0. The Morgan fingerprint density at radius 3 is 2.20 bits per heavy atom. The molecule has 0 saturated carbocycles. The molecule has 0 spiro atoms. The zero-order chi connectivity index (χ0) is 12.0. The topological polar surface area (TPSA) is 49.4 Å². The number of hydrogen-bond acceptors (Lipinski definition) is 3. The summed E-state index contributed by atoms with van der Waals surface area (Å²) in [5.74, 6) is 0.498. The third-order valence-corrected chi connectivity index (χ3v) is 2.35. The summed E-state index contributed by atoms with van der Waals surface area (Å²) in [7, 11) is 1.78. The van der Waals surface area contributed by atoms with Crippen molar-refractivity contribution in [1.29, 1.82) is 0 Å². The molecule has 1 amide bonds. The number of carbonyl (C=O) groups excluding carboxylic acids is 2. The summed E-state index contributed by atoms with van der Waals surface area (Å²) in [6.45, 7) is 8.38. The van der Waals surface area contributed by atoms with Crippen LogP contribution in [0.15, 0.2) is 0 Å². The van der Waals surface area contributed by atoms with E-state index in [0.29, 0.717) is 12.5 Å². The minimum atomic E-state index is -0.199. The highest BCUT2D eigenvalue weighted by Gasteiger charge is 2.16. The average molecular weight is 214 g/mol. The summed E-state index contributed by atoms with van der Waals surface area (Å²) in [5.41, 5.74) is 0. The molecular weight excluding hydrogens is 192 g/mol. The first-order valence-electron chi connectivity index (χ1n) is 5.32. The van der Waals surface area contributed by atoms with Gasteiger partial charge in [0, 0.05) is 6.54 Å². The van der Waals surface area contributed by atoms with E-state index in [0.717, 1.165) is 0 Å². The van der Waals surface area contributed by atoms with Gasteiger partial charge in [-0.15, -0.1) is 0 Å². The molecular formula is C11H22N2O2. The first kappa shape index (κ1) is 14.1. The van der Waals surface area contributed by atoms with Crippen molar-refractivity contribution in [3.8, 4) is 0 Å². The fourth-order valence-corrected chi connectivity index (χ4v) is 1.05. The van der Waals surface area contributed by atoms with Crippen molar-refractivity contribution in [2.24, 2.45) is 5.92 Å². The Morgan fingerprint density at radius 2 is 1.80 bits per heavy atom. The van der Waals surface area contributed by atoms with Gasteiger partial charge in [0.05, 0.1) is 12.6 Å². The average Bonchev–Trinajstić information content (AvgIpc) is 2.13. The van der Waals surface area contributed by atoms with Gasteiger partial charge < -0.3 is 5.32 Å². The minimum Gasteiger partial charge on any atom is -0.355 e. The fraction of sp³-hybridized carbons (Fsp3) is 0.818. The zero-order valence-corrected chi connectivity index (χ0v) is 10.3. The van der Waals surface area contributed by atoms with Crippen LogP contribution in [-0.4, -0.2) is 42.8 Å². The predicted octanol–water partition coefficient (Wildman–Crippen LogP) is 0.668. The molecule has 4 nitrogen and oxygen atoms in total. The van der Waals surface area contributed by atoms with Crippen LogP contribution >= 0.6 is 0 Å². The number of rotatable bonds is 6. The molecule has 0 saturated heterocycles. The smallest absolute Gasteiger partial charge is 0.234 e. The first-order chi connectivity index (χ1) is 6.84. The van der Waals surface area contributed by atoms with E-state index in [2.05, 4.69) is 5.32 Å². The monoisotopic (exact) mass is 214 g/mol. The molecule has 0 bridgehead atoms. The van der Waals surface area contributed by atoms with E-state index in [9.17, 15) is 9.59 Å². The molecule has 88 valence electrons. The number of nitrogens with zero attached hydrogens (tertiary/aromatic N) is 1. The molecule has 0 aliphatic carbocycles. The molecule has 1 N–H and O–H groups in total. The lowest BCUT2D eigenvalue weighted by Gasteiger charge is -2.21. The summed E-state index contributed by atoms with van der Waals surface area (Å²) in [5, 5.41) is 2.81. The van der Waals surface area contributed by atoms with Crippen molar-refractivity contribution in [3.05, 3.63) is 0 Å². The maximum Gasteiger partial charge on any atom is 0.234 e. The van der Waals surface area contributed by atoms with Gasteiger partial charge in [-0.2, -0.15) is 0 Å². The summed E-state index contributed by atoms with van der Waals surface area (Å²) in [6.07, 6.45) is 0. The van der Waals surface area contributed by atoms with Crippen molar-refractivity contribution >= 4 is 11.7 Å². The Labute approximate surface area is 92.0 Å². The lowest BCUT2D eigenvalue weighted by atomic mass is 10.2. The number of carbonyl (C=O) groups is 2. The van der Waals surface area contributed by atoms with Crippen molar-refractivity contribution in [3.63, 3.8) is 0 Å². The lowest BCUT2D eigenvalue weighted by molar-refractivity contribution is -0.125. The van der Waals surface area contributed by atoms with Gasteiger partial charge >= 0.3 is 0 Å². The normalized spacial score (nSPS) is 13.0. The molecule has 0 fully saturated rings. The maximum absolute atomic E-state index is 11.4. The predicted molar refractivity (Wildman–Crippen MR) is 60.6 cm³/mol. The van der Waals surface area contributed by atoms with Crippen LogP contribution < -0.4 is 5.32 Å². The summed E-state index contributed by atoms with van der Waals surface area (Å²) in [4.78, 5) is 24.2. The highest BCUT2D eigenvalue weighted by molar-refractivity contribution is 5.83. The highest BCUT2D eigenvalue weighted by Crippen LogP contribution is 1.96. The van der Waals surface area contributed by atoms with Crippen LogP contribution in [0.5, 0.6) is 0 Å². The molecule has 0 heterocycles. The van der Waals surface area contributed by atoms with Gasteiger partial charge in [-0.1, -0.05) is 13.8 Å². The quantitative estimate of drug-likeness (QED) is 0.707. The molecule has 0 aromatic carbocycles. The number of ketones is 1. The molecule has 15 heavy (non-hydrogen) atoms. The Hall–Kier alpha value is -0.900. The van der Waals surface area contributed by atoms with Gasteiger partial charge in [-0.3, -0.25) is 14.5 Å². The van der Waals surface area contributed by atoms with E-state index >= 15 is 0 Å². The lowest BCUT2D eigenvalue weighted by Crippen LogP contribution is -2.42. The van der Waals surface area contributed by atoms with Gasteiger partial charge in [0.1, 0.15) is 5.78 Å². The summed E-state index contributed by atoms with van der Waals surface area (Å²) in [6, 6.07) is -0.199. The van der Waals surface area contributed by atoms with Gasteiger partial charge in [-0.25, -0.2) is 0 Å². The van der Waals surface area contributed by atoms with Gasteiger partial charge in [0.2, 0.25) is 5.91 Å². The van der Waals surface area contributed by atoms with Crippen LogP contribution in [0.2, 0.25) is 0 Å². The van der Waals surface area contributed by atoms with Crippen LogP contribution in [0.25, 0.3) is 0 Å². The zero-order valence-electron chi connectivity index (χ0n) is 10.3. The molecule has 0 rings (SSSR count). The van der Waals surface area contributed by atoms with Crippen LogP contribution in [0.3, 0.4) is 0 Å². The Morgan fingerprint density at radius 1 is 1.27 bits per heavy atom. The fourth-order valence-electron chi connectivity index (χ4n) is 1.05. The molecule has 0 aromatic heterocycles. The van der Waals surface area contributed by atoms with Crippen molar-refractivity contribution in [2.45, 2.75) is 33.7 Å². The molecule has 0 aliphatic heterocycles. The number of nitrogens with one attached hydrogen (secondary N) is 1. The number of hydrogen-bond donors (Lipinski definition) is 1. The third kappa shape index (κ3) is 6.23. The van der Waals surface area contributed by atoms with Crippen LogP contribution in [0.4, 0.5) is 0 Å². The highest BCUT2D eigenvalue weighted by atomic mass is 16.2. The van der Waals surface area contributed by atoms with Crippen LogP contribution in [0, 0.1) is 5.92 Å². The first-order valence-corrected chi connectivity index (χ1v) is 5.32. The second kappa shape index (κ2) is 6.56. The maximum atomic E-state index is 11.4. The second-order valence-corrected chi connectivity index (χ2v) is 4.40. The molecule has 1 atom stereocenters. The molecule has 4 heteroatoms. The molecule has 0 aromatic rings. The van der Waals surface area contributed by atoms with E-state index in [1.54, 1.807) is 18.9 Å². The van der Waals surface area contributed by atoms with Crippen molar-refractivity contribution < 1.29 is 9.59 Å². The molecule has 0 radical (unpaired) electrons. The standard InChI is InChI=1S/C11H22N2O2/c1-8(2)6-12-11(15)7-13(5)9(3)10(4)14/h8-9H,6-7H2,1-5H3,(H,12,15). The number of likely N-dealkylation sites (N-methyl/N-ethyl adjacent to an activating group) is 1. The summed E-state index contributed by atoms with van der Waals surface area (Å²) >= 11 is 0. The minimum absolute atomic E-state index is 0.0284. The van der Waals surface area contributed by atoms with Crippen molar-refractivity contribution in [1.82, 2.24) is 10.2 Å². The van der Waals surface area contributed by atoms with Crippen LogP contribution in [0.1, 0.15) is 27.7 Å². The SMILES string of the molecule is CC(=O)C(C)N(C)CC(=O)NCC(C)C. The van der Waals surface area contributed by atoms with Gasteiger partial charge in [0.15, 0.2) is 0 Å². The second-order valence-electron chi connectivity index (χ2n) is 4.40. The van der Waals surface area contributed by atoms with E-state index in [-0.39, 0.29) is 24.3 Å². The number of amides is 1. The molecule has 1 unspecified atom stereocenters. The third-order valence-electron chi connectivity index (χ3n) is 2.35. The van der Waals surface area contributed by atoms with Crippen LogP contribution in [-0.2, 0) is 9.59 Å². The Bertz CT molecular complexity index is 227. The van der Waals surface area contributed by atoms with E-state index in [4.69, 9.17) is 0 Å². The Balaban J connectivity index is 3.91.